The van der Waals surface area contributed by atoms with E-state index in [0.717, 1.165) is 0 Å². The van der Waals surface area contributed by atoms with E-state index in [1.165, 1.54) is 13.1 Å². The third kappa shape index (κ3) is 4.53. The monoisotopic (exact) mass is 294 g/mol. The number of nitro groups is 1. The van der Waals surface area contributed by atoms with Crippen LogP contribution < -0.4 is 10.6 Å². The molecule has 0 spiro atoms. The average molecular weight is 294 g/mol. The molecule has 0 aliphatic heterocycles. The lowest BCUT2D eigenvalue weighted by molar-refractivity contribution is -0.385. The third-order valence-corrected chi connectivity index (χ3v) is 3.11. The Balaban J connectivity index is 2.77. The highest BCUT2D eigenvalue weighted by molar-refractivity contribution is 5.96. The molecule has 1 atom stereocenters. The topological polar surface area (TPSA) is 105 Å². The van der Waals surface area contributed by atoms with Crippen LogP contribution in [0.4, 0.5) is 10.5 Å². The number of rotatable bonds is 5. The summed E-state index contributed by atoms with van der Waals surface area (Å²) in [6.07, 6.45) is 0. The van der Waals surface area contributed by atoms with Crippen LogP contribution in [0.2, 0.25) is 0 Å². The second kappa shape index (κ2) is 7.34. The molecule has 0 saturated carbocycles. The highest BCUT2D eigenvalue weighted by Gasteiger charge is 2.22. The highest BCUT2D eigenvalue weighted by Crippen LogP contribution is 2.19. The molecule has 0 radical (unpaired) electrons. The second-order valence-corrected chi connectivity index (χ2v) is 4.55. The van der Waals surface area contributed by atoms with Crippen LogP contribution in [0, 0.1) is 10.1 Å². The number of carbonyl (C=O) groups is 2. The van der Waals surface area contributed by atoms with Crippen LogP contribution in [-0.2, 0) is 11.3 Å². The molecule has 2 N–H and O–H groups in total. The van der Waals surface area contributed by atoms with E-state index in [0.29, 0.717) is 5.56 Å². The fourth-order valence-electron chi connectivity index (χ4n) is 1.71. The number of urea groups is 1. The van der Waals surface area contributed by atoms with E-state index in [-0.39, 0.29) is 12.2 Å². The molecular weight excluding hydrogens is 276 g/mol. The molecule has 0 heterocycles. The number of benzene rings is 1. The standard InChI is InChI=1S/C13H18N4O4/c1-9(12(18)15-13(19)14-2)16(3)8-10-6-4-5-7-11(10)17(20)21/h4-7,9H,8H2,1-3H3,(H2,14,15,18,19). The maximum atomic E-state index is 11.8. The molecule has 0 fully saturated rings. The molecule has 8 heteroatoms. The van der Waals surface area contributed by atoms with Crippen molar-refractivity contribution in [1.82, 2.24) is 15.5 Å². The minimum absolute atomic E-state index is 0.00302. The molecule has 1 rings (SSSR count). The molecule has 0 aromatic heterocycles. The molecule has 1 aromatic carbocycles. The molecule has 1 aromatic rings. The van der Waals surface area contributed by atoms with Crippen molar-refractivity contribution in [2.24, 2.45) is 0 Å². The molecule has 114 valence electrons. The summed E-state index contributed by atoms with van der Waals surface area (Å²) in [5.74, 6) is -0.476. The normalized spacial score (nSPS) is 11.8. The van der Waals surface area contributed by atoms with Gasteiger partial charge in [0.25, 0.3) is 5.69 Å². The fourth-order valence-corrected chi connectivity index (χ4v) is 1.71. The van der Waals surface area contributed by atoms with Crippen molar-refractivity contribution >= 4 is 17.6 Å². The summed E-state index contributed by atoms with van der Waals surface area (Å²) in [6.45, 7) is 1.84. The van der Waals surface area contributed by atoms with Crippen LogP contribution >= 0.6 is 0 Å². The van der Waals surface area contributed by atoms with Gasteiger partial charge in [-0.2, -0.15) is 0 Å². The Bertz CT molecular complexity index is 547. The SMILES string of the molecule is CNC(=O)NC(=O)C(C)N(C)Cc1ccccc1[N+](=O)[O-]. The molecule has 0 bridgehead atoms. The van der Waals surface area contributed by atoms with Crippen LogP contribution in [0.5, 0.6) is 0 Å². The quantitative estimate of drug-likeness (QED) is 0.619. The van der Waals surface area contributed by atoms with E-state index in [1.54, 1.807) is 37.1 Å². The largest absolute Gasteiger partial charge is 0.341 e. The summed E-state index contributed by atoms with van der Waals surface area (Å²) in [5.41, 5.74) is 0.507. The van der Waals surface area contributed by atoms with Gasteiger partial charge in [-0.15, -0.1) is 0 Å². The molecule has 3 amide bonds. The summed E-state index contributed by atoms with van der Waals surface area (Å²) in [7, 11) is 3.06. The first-order valence-corrected chi connectivity index (χ1v) is 6.32. The fraction of sp³-hybridized carbons (Fsp3) is 0.385. The highest BCUT2D eigenvalue weighted by atomic mass is 16.6. The molecule has 1 unspecified atom stereocenters. The summed E-state index contributed by atoms with van der Waals surface area (Å²) >= 11 is 0. The predicted octanol–water partition coefficient (Wildman–Crippen LogP) is 0.871. The Morgan fingerprint density at radius 2 is 2.00 bits per heavy atom. The van der Waals surface area contributed by atoms with Gasteiger partial charge < -0.3 is 5.32 Å². The van der Waals surface area contributed by atoms with E-state index in [9.17, 15) is 19.7 Å². The zero-order valence-electron chi connectivity index (χ0n) is 12.1. The van der Waals surface area contributed by atoms with Gasteiger partial charge in [0.05, 0.1) is 11.0 Å². The number of para-hydroxylation sites is 1. The van der Waals surface area contributed by atoms with Gasteiger partial charge in [0.15, 0.2) is 0 Å². The van der Waals surface area contributed by atoms with Crippen molar-refractivity contribution in [3.05, 3.63) is 39.9 Å². The van der Waals surface area contributed by atoms with Crippen molar-refractivity contribution in [3.63, 3.8) is 0 Å². The van der Waals surface area contributed by atoms with Crippen molar-refractivity contribution < 1.29 is 14.5 Å². The van der Waals surface area contributed by atoms with Crippen LogP contribution in [0.3, 0.4) is 0 Å². The number of carbonyl (C=O) groups excluding carboxylic acids is 2. The summed E-state index contributed by atoms with van der Waals surface area (Å²) in [5, 5.41) is 15.4. The molecule has 8 nitrogen and oxygen atoms in total. The first kappa shape index (κ1) is 16.6. The van der Waals surface area contributed by atoms with Crippen molar-refractivity contribution in [2.45, 2.75) is 19.5 Å². The summed E-state index contributed by atoms with van der Waals surface area (Å²) < 4.78 is 0. The summed E-state index contributed by atoms with van der Waals surface area (Å²) in [6, 6.07) is 5.14. The third-order valence-electron chi connectivity index (χ3n) is 3.11. The smallest absolute Gasteiger partial charge is 0.321 e. The van der Waals surface area contributed by atoms with E-state index in [4.69, 9.17) is 0 Å². The Hall–Kier alpha value is -2.48. The van der Waals surface area contributed by atoms with Crippen molar-refractivity contribution in [1.29, 1.82) is 0 Å². The zero-order chi connectivity index (χ0) is 16.0. The van der Waals surface area contributed by atoms with Gasteiger partial charge >= 0.3 is 6.03 Å². The van der Waals surface area contributed by atoms with Crippen LogP contribution in [0.15, 0.2) is 24.3 Å². The lowest BCUT2D eigenvalue weighted by Gasteiger charge is -2.23. The van der Waals surface area contributed by atoms with Crippen LogP contribution in [0.1, 0.15) is 12.5 Å². The predicted molar refractivity (Wildman–Crippen MR) is 76.6 cm³/mol. The number of nitro benzene ring substituents is 1. The van der Waals surface area contributed by atoms with Crippen LogP contribution in [-0.4, -0.2) is 41.9 Å². The molecule has 0 aliphatic rings. The Morgan fingerprint density at radius 1 is 1.38 bits per heavy atom. The first-order chi connectivity index (χ1) is 9.86. The minimum Gasteiger partial charge on any atom is -0.341 e. The lowest BCUT2D eigenvalue weighted by Crippen LogP contribution is -2.47. The van der Waals surface area contributed by atoms with E-state index in [2.05, 4.69) is 10.6 Å². The minimum atomic E-state index is -0.609. The van der Waals surface area contributed by atoms with E-state index < -0.39 is 22.9 Å². The van der Waals surface area contributed by atoms with E-state index in [1.807, 2.05) is 0 Å². The maximum absolute atomic E-state index is 11.8. The Morgan fingerprint density at radius 3 is 2.57 bits per heavy atom. The zero-order valence-corrected chi connectivity index (χ0v) is 12.1. The summed E-state index contributed by atoms with van der Waals surface area (Å²) in [4.78, 5) is 35.0. The van der Waals surface area contributed by atoms with Gasteiger partial charge in [-0.25, -0.2) is 4.79 Å². The second-order valence-electron chi connectivity index (χ2n) is 4.55. The van der Waals surface area contributed by atoms with Crippen LogP contribution in [0.25, 0.3) is 0 Å². The van der Waals surface area contributed by atoms with Crippen molar-refractivity contribution in [3.8, 4) is 0 Å². The van der Waals surface area contributed by atoms with Gasteiger partial charge in [-0.1, -0.05) is 18.2 Å². The van der Waals surface area contributed by atoms with Gasteiger partial charge in [0.2, 0.25) is 5.91 Å². The number of amides is 3. The number of hydrogen-bond acceptors (Lipinski definition) is 5. The molecular formula is C13H18N4O4. The Kier molecular flexibility index (Phi) is 5.79. The first-order valence-electron chi connectivity index (χ1n) is 6.32. The average Bonchev–Trinajstić information content (AvgIpc) is 2.46. The van der Waals surface area contributed by atoms with E-state index >= 15 is 0 Å². The van der Waals surface area contributed by atoms with Crippen molar-refractivity contribution in [2.75, 3.05) is 14.1 Å². The lowest BCUT2D eigenvalue weighted by atomic mass is 10.1. The number of hydrogen-bond donors (Lipinski definition) is 2. The Labute approximate surface area is 122 Å². The number of nitrogens with zero attached hydrogens (tertiary/aromatic N) is 2. The molecule has 21 heavy (non-hydrogen) atoms. The molecule has 0 saturated heterocycles. The van der Waals surface area contributed by atoms with Gasteiger partial charge in [-0.05, 0) is 14.0 Å². The number of nitrogens with one attached hydrogen (secondary N) is 2. The maximum Gasteiger partial charge on any atom is 0.321 e. The molecule has 0 aliphatic carbocycles. The van der Waals surface area contributed by atoms with Gasteiger partial charge in [0, 0.05) is 25.2 Å². The number of imide groups is 1. The van der Waals surface area contributed by atoms with Gasteiger partial charge in [-0.3, -0.25) is 25.1 Å². The number of likely N-dealkylation sites (N-methyl/N-ethyl adjacent to an activating group) is 1. The van der Waals surface area contributed by atoms with Gasteiger partial charge in [0.1, 0.15) is 0 Å².